The van der Waals surface area contributed by atoms with Crippen molar-refractivity contribution < 1.29 is 19.0 Å². The number of nitrogens with zero attached hydrogens (tertiary/aromatic N) is 4. The molecule has 0 N–H and O–H groups in total. The average Bonchev–Trinajstić information content (AvgIpc) is 3.31. The van der Waals surface area contributed by atoms with Gasteiger partial charge < -0.3 is 19.1 Å². The summed E-state index contributed by atoms with van der Waals surface area (Å²) < 4.78 is 19.5. The minimum absolute atomic E-state index is 0.118. The molecule has 0 saturated carbocycles. The molecule has 0 saturated heterocycles. The normalized spacial score (nSPS) is 18.5. The molecule has 2 aromatic rings. The summed E-state index contributed by atoms with van der Waals surface area (Å²) in [6.07, 6.45) is 6.08. The van der Waals surface area contributed by atoms with Crippen molar-refractivity contribution in [1.29, 1.82) is 0 Å². The van der Waals surface area contributed by atoms with Crippen molar-refractivity contribution in [1.82, 2.24) is 14.6 Å². The van der Waals surface area contributed by atoms with Gasteiger partial charge in [0.05, 0.1) is 23.9 Å². The predicted molar refractivity (Wildman–Crippen MR) is 160 cm³/mol. The van der Waals surface area contributed by atoms with E-state index in [-0.39, 0.29) is 5.97 Å². The minimum Gasteiger partial charge on any atom is -0.466 e. The van der Waals surface area contributed by atoms with Crippen LogP contribution in [-0.4, -0.2) is 70.0 Å². The maximum Gasteiger partial charge on any atom is 0.312 e. The minimum atomic E-state index is -1.19. The molecule has 0 aromatic carbocycles. The molecule has 0 radical (unpaired) electrons. The lowest BCUT2D eigenvalue weighted by Crippen LogP contribution is -2.33. The molecule has 3 rings (SSSR count). The molecular weight excluding hydrogens is 513 g/mol. The fraction of sp³-hybridized carbons (Fsp3) is 0.679. The van der Waals surface area contributed by atoms with E-state index in [1.54, 1.807) is 6.20 Å². The van der Waals surface area contributed by atoms with E-state index in [1.165, 1.54) is 0 Å². The summed E-state index contributed by atoms with van der Waals surface area (Å²) in [5.74, 6) is 0.780. The lowest BCUT2D eigenvalue weighted by atomic mass is 9.76. The van der Waals surface area contributed by atoms with Gasteiger partial charge in [-0.15, -0.1) is 0 Å². The Morgan fingerprint density at radius 3 is 2.24 bits per heavy atom. The molecule has 1 unspecified atom stereocenters. The summed E-state index contributed by atoms with van der Waals surface area (Å²) in [6, 6.07) is 6.24. The van der Waals surface area contributed by atoms with Gasteiger partial charge in [0.1, 0.15) is 19.3 Å². The van der Waals surface area contributed by atoms with Crippen LogP contribution in [0, 0.1) is 5.41 Å². The van der Waals surface area contributed by atoms with Crippen LogP contribution in [-0.2, 0) is 19.0 Å². The van der Waals surface area contributed by atoms with Gasteiger partial charge in [0.15, 0.2) is 5.65 Å². The Hall–Kier alpha value is -2.02. The third kappa shape index (κ3) is 8.76. The number of anilines is 1. The van der Waals surface area contributed by atoms with E-state index in [0.717, 1.165) is 60.9 Å². The Labute approximate surface area is 230 Å². The van der Waals surface area contributed by atoms with E-state index >= 15 is 0 Å². The average molecular weight is 561 g/mol. The van der Waals surface area contributed by atoms with Gasteiger partial charge >= 0.3 is 5.97 Å². The molecule has 0 aliphatic heterocycles. The Morgan fingerprint density at radius 1 is 1.08 bits per heavy atom. The lowest BCUT2D eigenvalue weighted by Gasteiger charge is -2.31. The highest BCUT2D eigenvalue weighted by atomic mass is 28.3. The first-order chi connectivity index (χ1) is 17.8. The summed E-state index contributed by atoms with van der Waals surface area (Å²) in [5, 5.41) is 4.56. The van der Waals surface area contributed by atoms with Crippen molar-refractivity contribution in [3.05, 3.63) is 30.1 Å². The zero-order valence-electron chi connectivity index (χ0n) is 24.8. The molecule has 38 heavy (non-hydrogen) atoms. The third-order valence-corrected chi connectivity index (χ3v) is 10.4. The fourth-order valence-electron chi connectivity index (χ4n) is 4.25. The lowest BCUT2D eigenvalue weighted by molar-refractivity contribution is -0.154. The zero-order valence-corrected chi connectivity index (χ0v) is 26.8. The van der Waals surface area contributed by atoms with E-state index < -0.39 is 21.6 Å². The van der Waals surface area contributed by atoms with Crippen LogP contribution in [0.2, 0.25) is 51.4 Å². The Balaban J connectivity index is 1.85. The van der Waals surface area contributed by atoms with Crippen molar-refractivity contribution in [2.75, 3.05) is 38.2 Å². The van der Waals surface area contributed by atoms with Crippen molar-refractivity contribution >= 4 is 39.2 Å². The number of rotatable bonds is 14. The highest BCUT2D eigenvalue weighted by Crippen LogP contribution is 2.39. The van der Waals surface area contributed by atoms with E-state index in [1.807, 2.05) is 24.4 Å². The van der Waals surface area contributed by atoms with Gasteiger partial charge in [0, 0.05) is 41.5 Å². The number of fused-ring (bicyclic) bond motifs is 1. The molecule has 2 heterocycles. The largest absolute Gasteiger partial charge is 0.466 e. The van der Waals surface area contributed by atoms with Crippen LogP contribution in [0.3, 0.4) is 0 Å². The molecule has 1 atom stereocenters. The first-order valence-electron chi connectivity index (χ1n) is 13.9. The Morgan fingerprint density at radius 2 is 1.71 bits per heavy atom. The van der Waals surface area contributed by atoms with Crippen LogP contribution in [0.5, 0.6) is 0 Å². The number of hydrogen-bond donors (Lipinski definition) is 0. The van der Waals surface area contributed by atoms with Gasteiger partial charge in [0.2, 0.25) is 0 Å². The topological polar surface area (TPSA) is 78.2 Å². The van der Waals surface area contributed by atoms with Gasteiger partial charge in [-0.25, -0.2) is 4.98 Å². The number of ether oxygens (including phenoxy) is 3. The van der Waals surface area contributed by atoms with Crippen molar-refractivity contribution in [2.24, 2.45) is 5.41 Å². The van der Waals surface area contributed by atoms with E-state index in [9.17, 15) is 4.79 Å². The maximum atomic E-state index is 12.5. The highest BCUT2D eigenvalue weighted by molar-refractivity contribution is 6.76. The van der Waals surface area contributed by atoms with E-state index in [4.69, 9.17) is 19.2 Å². The second-order valence-corrected chi connectivity index (χ2v) is 24.3. The highest BCUT2D eigenvalue weighted by Gasteiger charge is 2.36. The van der Waals surface area contributed by atoms with Crippen LogP contribution in [0.1, 0.15) is 38.8 Å². The predicted octanol–water partition coefficient (Wildman–Crippen LogP) is 6.30. The molecule has 10 heteroatoms. The monoisotopic (exact) mass is 560 g/mol. The quantitative estimate of drug-likeness (QED) is 0.116. The number of esters is 1. The molecular formula is C28H48N4O4Si2. The number of allylic oxidation sites excluding steroid dienone is 2. The van der Waals surface area contributed by atoms with Crippen molar-refractivity contribution in [2.45, 2.75) is 84.5 Å². The van der Waals surface area contributed by atoms with Crippen LogP contribution in [0.25, 0.3) is 11.2 Å². The summed E-state index contributed by atoms with van der Waals surface area (Å²) in [7, 11) is -2.38. The Kier molecular flexibility index (Phi) is 10.4. The molecule has 1 aliphatic carbocycles. The number of aromatic nitrogens is 3. The van der Waals surface area contributed by atoms with Gasteiger partial charge in [-0.2, -0.15) is 9.61 Å². The van der Waals surface area contributed by atoms with Crippen LogP contribution >= 0.6 is 0 Å². The van der Waals surface area contributed by atoms with Crippen LogP contribution in [0.4, 0.5) is 5.82 Å². The molecule has 1 aliphatic rings. The van der Waals surface area contributed by atoms with E-state index in [2.05, 4.69) is 61.4 Å². The summed E-state index contributed by atoms with van der Waals surface area (Å²) in [5.41, 5.74) is 2.36. The molecule has 0 spiro atoms. The maximum absolute atomic E-state index is 12.5. The fourth-order valence-corrected chi connectivity index (χ4v) is 5.76. The summed E-state index contributed by atoms with van der Waals surface area (Å²) in [6.45, 7) is 20.7. The van der Waals surface area contributed by atoms with Gasteiger partial charge in [0.25, 0.3) is 0 Å². The van der Waals surface area contributed by atoms with Gasteiger partial charge in [-0.05, 0) is 50.8 Å². The van der Waals surface area contributed by atoms with Crippen LogP contribution < -0.4 is 4.90 Å². The standard InChI is InChI=1S/C28H48N4O4Si2/c1-9-36-27(33)28(2)13-10-23(11-14-28)24-20-26(32-25(30-24)12-15-29-32)31(21-34-16-18-37(3,4)5)22-35-17-19-38(6,7)8/h10,12,15,20H,9,11,13-14,16-19,21-22H2,1-8H3. The van der Waals surface area contributed by atoms with Gasteiger partial charge in [-0.1, -0.05) is 45.4 Å². The number of carbonyl (C=O) groups is 1. The number of hydrogen-bond acceptors (Lipinski definition) is 7. The Bertz CT molecular complexity index is 1080. The second-order valence-electron chi connectivity index (χ2n) is 13.1. The molecule has 8 nitrogen and oxygen atoms in total. The molecule has 0 amide bonds. The zero-order chi connectivity index (χ0) is 28.0. The van der Waals surface area contributed by atoms with Gasteiger partial charge in [-0.3, -0.25) is 4.79 Å². The third-order valence-electron chi connectivity index (χ3n) is 6.99. The van der Waals surface area contributed by atoms with E-state index in [0.29, 0.717) is 26.5 Å². The smallest absolute Gasteiger partial charge is 0.312 e. The molecule has 212 valence electrons. The second kappa shape index (κ2) is 12.9. The van der Waals surface area contributed by atoms with Crippen LogP contribution in [0.15, 0.2) is 24.4 Å². The summed E-state index contributed by atoms with van der Waals surface area (Å²) in [4.78, 5) is 19.5. The first-order valence-corrected chi connectivity index (χ1v) is 21.3. The summed E-state index contributed by atoms with van der Waals surface area (Å²) >= 11 is 0. The SMILES string of the molecule is CCOC(=O)C1(C)CC=C(c2cc(N(COCC[Si](C)(C)C)COCC[Si](C)(C)C)n3nccc3n2)CC1. The molecule has 2 aromatic heterocycles. The molecule has 0 bridgehead atoms. The number of carbonyl (C=O) groups excluding carboxylic acids is 1. The van der Waals surface area contributed by atoms with Crippen molar-refractivity contribution in [3.63, 3.8) is 0 Å². The van der Waals surface area contributed by atoms with Crippen molar-refractivity contribution in [3.8, 4) is 0 Å². The molecule has 0 fully saturated rings. The first kappa shape index (κ1) is 30.5.